The third kappa shape index (κ3) is 4.01. The Morgan fingerprint density at radius 2 is 1.95 bits per heavy atom. The second-order valence-electron chi connectivity index (χ2n) is 6.96. The zero-order chi connectivity index (χ0) is 16.5. The lowest BCUT2D eigenvalue weighted by Gasteiger charge is -2.32. The third-order valence-corrected chi connectivity index (χ3v) is 4.27. The lowest BCUT2D eigenvalue weighted by atomic mass is 9.98. The second-order valence-corrected chi connectivity index (χ2v) is 7.82. The molecular formula is C15H25BrN4O2. The molecule has 0 unspecified atom stereocenters. The molecule has 1 fully saturated rings. The van der Waals surface area contributed by atoms with E-state index in [2.05, 4.69) is 21.0 Å². The van der Waals surface area contributed by atoms with E-state index in [9.17, 15) is 4.79 Å². The number of anilines is 1. The fraction of sp³-hybridized carbons (Fsp3) is 0.733. The minimum Gasteiger partial charge on any atom is -0.367 e. The molecule has 22 heavy (non-hydrogen) atoms. The summed E-state index contributed by atoms with van der Waals surface area (Å²) in [4.78, 5) is 19.4. The number of halogens is 1. The van der Waals surface area contributed by atoms with Crippen molar-refractivity contribution in [3.8, 4) is 0 Å². The molecule has 0 bridgehead atoms. The molecule has 1 aliphatic heterocycles. The van der Waals surface area contributed by atoms with Crippen molar-refractivity contribution in [2.45, 2.75) is 39.7 Å². The Morgan fingerprint density at radius 1 is 1.36 bits per heavy atom. The van der Waals surface area contributed by atoms with E-state index >= 15 is 0 Å². The number of hydrogen-bond acceptors (Lipinski definition) is 5. The maximum atomic E-state index is 11.9. The van der Waals surface area contributed by atoms with Crippen molar-refractivity contribution >= 4 is 27.7 Å². The van der Waals surface area contributed by atoms with Crippen LogP contribution in [0.2, 0.25) is 0 Å². The molecule has 2 rings (SSSR count). The van der Waals surface area contributed by atoms with Crippen LogP contribution in [-0.2, 0) is 9.63 Å². The summed E-state index contributed by atoms with van der Waals surface area (Å²) >= 11 is 3.55. The molecule has 0 amide bonds. The predicted octanol–water partition coefficient (Wildman–Crippen LogP) is 2.85. The molecule has 0 spiro atoms. The number of rotatable bonds is 3. The fourth-order valence-electron chi connectivity index (χ4n) is 2.30. The number of carbonyl (C=O) groups excluding carboxylic acids is 1. The van der Waals surface area contributed by atoms with Crippen molar-refractivity contribution in [1.82, 2.24) is 14.8 Å². The van der Waals surface area contributed by atoms with E-state index in [0.717, 1.165) is 36.2 Å². The first-order valence-corrected chi connectivity index (χ1v) is 8.37. The zero-order valence-electron chi connectivity index (χ0n) is 14.0. The van der Waals surface area contributed by atoms with Crippen LogP contribution in [0.15, 0.2) is 10.7 Å². The van der Waals surface area contributed by atoms with Crippen molar-refractivity contribution in [3.63, 3.8) is 0 Å². The van der Waals surface area contributed by atoms with Crippen LogP contribution in [0.4, 0.5) is 5.82 Å². The van der Waals surface area contributed by atoms with Crippen LogP contribution in [0.25, 0.3) is 0 Å². The number of hydrogen-bond donors (Lipinski definition) is 0. The van der Waals surface area contributed by atoms with Crippen LogP contribution in [0.3, 0.4) is 0 Å². The van der Waals surface area contributed by atoms with Gasteiger partial charge in [0.15, 0.2) is 5.82 Å². The van der Waals surface area contributed by atoms with E-state index in [-0.39, 0.29) is 5.97 Å². The average Bonchev–Trinajstić information content (AvgIpc) is 2.80. The topological polar surface area (TPSA) is 50.6 Å². The lowest BCUT2D eigenvalue weighted by molar-refractivity contribution is -0.205. The highest BCUT2D eigenvalue weighted by Crippen LogP contribution is 2.29. The Balaban J connectivity index is 1.92. The maximum Gasteiger partial charge on any atom is 0.330 e. The summed E-state index contributed by atoms with van der Waals surface area (Å²) in [5.41, 5.74) is -0.468. The van der Waals surface area contributed by atoms with Gasteiger partial charge in [-0.25, -0.2) is 4.79 Å². The van der Waals surface area contributed by atoms with Gasteiger partial charge in [0.25, 0.3) is 0 Å². The van der Waals surface area contributed by atoms with Gasteiger partial charge in [-0.05, 0) is 49.5 Å². The summed E-state index contributed by atoms with van der Waals surface area (Å²) in [5.74, 6) is 0.754. The Bertz CT molecular complexity index is 528. The molecule has 1 aromatic heterocycles. The van der Waals surface area contributed by atoms with Crippen LogP contribution in [0.1, 0.15) is 39.7 Å². The highest BCUT2D eigenvalue weighted by Gasteiger charge is 2.29. The summed E-state index contributed by atoms with van der Waals surface area (Å²) in [6.07, 6.45) is 3.85. The van der Waals surface area contributed by atoms with E-state index in [1.165, 1.54) is 0 Å². The number of hydroxylamine groups is 2. The van der Waals surface area contributed by atoms with Gasteiger partial charge in [0, 0.05) is 33.4 Å². The van der Waals surface area contributed by atoms with Crippen LogP contribution in [0, 0.1) is 5.41 Å². The van der Waals surface area contributed by atoms with E-state index in [0.29, 0.717) is 6.04 Å². The summed E-state index contributed by atoms with van der Waals surface area (Å²) < 4.78 is 3.02. The van der Waals surface area contributed by atoms with Gasteiger partial charge >= 0.3 is 5.97 Å². The number of nitrogens with zero attached hydrogens (tertiary/aromatic N) is 4. The molecule has 1 aromatic rings. The first kappa shape index (κ1) is 17.3. The molecular weight excluding hydrogens is 348 g/mol. The van der Waals surface area contributed by atoms with Crippen molar-refractivity contribution in [2.24, 2.45) is 5.41 Å². The lowest BCUT2D eigenvalue weighted by Crippen LogP contribution is -2.39. The molecule has 0 radical (unpaired) electrons. The summed E-state index contributed by atoms with van der Waals surface area (Å²) in [6.45, 7) is 7.08. The highest BCUT2D eigenvalue weighted by atomic mass is 79.9. The van der Waals surface area contributed by atoms with Gasteiger partial charge in [-0.1, -0.05) is 0 Å². The van der Waals surface area contributed by atoms with Crippen molar-refractivity contribution in [1.29, 1.82) is 0 Å². The normalized spacial score (nSPS) is 17.5. The predicted molar refractivity (Wildman–Crippen MR) is 89.6 cm³/mol. The summed E-state index contributed by atoms with van der Waals surface area (Å²) in [5, 5.41) is 6.40. The monoisotopic (exact) mass is 372 g/mol. The number of carbonyl (C=O) groups is 1. The minimum atomic E-state index is -0.468. The molecule has 124 valence electrons. The van der Waals surface area contributed by atoms with E-state index in [4.69, 9.17) is 4.84 Å². The van der Waals surface area contributed by atoms with Crippen LogP contribution in [0.5, 0.6) is 0 Å². The molecule has 7 heteroatoms. The zero-order valence-corrected chi connectivity index (χ0v) is 15.6. The van der Waals surface area contributed by atoms with Crippen LogP contribution < -0.4 is 4.90 Å². The quantitative estimate of drug-likeness (QED) is 0.816. The standard InChI is InChI=1S/C15H25BrN4O2/c1-15(2,3)14(21)22-19-8-6-11(7-9-19)20-10-12(16)13(17-20)18(4)5/h10-11H,6-9H2,1-5H3. The summed E-state index contributed by atoms with van der Waals surface area (Å²) in [6, 6.07) is 0.342. The van der Waals surface area contributed by atoms with Crippen LogP contribution in [-0.4, -0.2) is 48.0 Å². The van der Waals surface area contributed by atoms with Crippen LogP contribution >= 0.6 is 15.9 Å². The Hall–Kier alpha value is -1.08. The largest absolute Gasteiger partial charge is 0.367 e. The van der Waals surface area contributed by atoms with E-state index < -0.39 is 5.41 Å². The van der Waals surface area contributed by atoms with Crippen molar-refractivity contribution < 1.29 is 9.63 Å². The fourth-order valence-corrected chi connectivity index (χ4v) is 2.95. The Morgan fingerprint density at radius 3 is 2.41 bits per heavy atom. The van der Waals surface area contributed by atoms with Gasteiger partial charge < -0.3 is 9.74 Å². The molecule has 0 atom stereocenters. The Labute approximate surface area is 140 Å². The smallest absolute Gasteiger partial charge is 0.330 e. The Kier molecular flexibility index (Phi) is 5.17. The molecule has 0 aromatic carbocycles. The number of piperidine rings is 1. The van der Waals surface area contributed by atoms with E-state index in [1.807, 2.05) is 50.6 Å². The average molecular weight is 373 g/mol. The minimum absolute atomic E-state index is 0.178. The SMILES string of the molecule is CN(C)c1nn(C2CCN(OC(=O)C(C)(C)C)CC2)cc1Br. The first-order chi connectivity index (χ1) is 10.2. The molecule has 6 nitrogen and oxygen atoms in total. The molecule has 1 saturated heterocycles. The van der Waals surface area contributed by atoms with Gasteiger partial charge in [0.05, 0.1) is 15.9 Å². The molecule has 2 heterocycles. The van der Waals surface area contributed by atoms with Gasteiger partial charge in [-0.3, -0.25) is 4.68 Å². The first-order valence-electron chi connectivity index (χ1n) is 7.58. The van der Waals surface area contributed by atoms with Gasteiger partial charge in [-0.15, -0.1) is 5.06 Å². The van der Waals surface area contributed by atoms with Crippen molar-refractivity contribution in [3.05, 3.63) is 10.7 Å². The maximum absolute atomic E-state index is 11.9. The summed E-state index contributed by atoms with van der Waals surface area (Å²) in [7, 11) is 3.96. The number of aromatic nitrogens is 2. The van der Waals surface area contributed by atoms with Gasteiger partial charge in [-0.2, -0.15) is 5.10 Å². The molecule has 0 aliphatic carbocycles. The molecule has 0 N–H and O–H groups in total. The second kappa shape index (κ2) is 6.58. The van der Waals surface area contributed by atoms with E-state index in [1.54, 1.807) is 5.06 Å². The third-order valence-electron chi connectivity index (χ3n) is 3.71. The van der Waals surface area contributed by atoms with Gasteiger partial charge in [0.1, 0.15) is 0 Å². The molecule has 1 aliphatic rings. The molecule has 0 saturated carbocycles. The van der Waals surface area contributed by atoms with Gasteiger partial charge in [0.2, 0.25) is 0 Å². The highest BCUT2D eigenvalue weighted by molar-refractivity contribution is 9.10. The van der Waals surface area contributed by atoms with Crippen molar-refractivity contribution in [2.75, 3.05) is 32.1 Å².